The molecule has 0 heterocycles. The normalized spacial score (nSPS) is 12.0. The summed E-state index contributed by atoms with van der Waals surface area (Å²) in [4.78, 5) is 14.0. The number of likely N-dealkylation sites (N-methyl/N-ethyl adjacent to an activating group) is 1. The lowest BCUT2D eigenvalue weighted by molar-refractivity contribution is -0.120. The Morgan fingerprint density at radius 3 is 2.52 bits per heavy atom. The number of anilines is 1. The predicted molar refractivity (Wildman–Crippen MR) is 89.1 cm³/mol. The third-order valence-corrected chi connectivity index (χ3v) is 3.62. The Bertz CT molecular complexity index is 634. The van der Waals surface area contributed by atoms with E-state index in [4.69, 9.17) is 4.74 Å². The standard InChI is InChI=1S/C18H21FN2O2/c1-14(18(22)20-15-8-4-3-5-9-15)21(2)12-13-23-17-11-7-6-10-16(17)19/h3-11,14H,12-13H2,1-2H3,(H,20,22). The van der Waals surface area contributed by atoms with E-state index in [0.29, 0.717) is 13.2 Å². The lowest BCUT2D eigenvalue weighted by Crippen LogP contribution is -2.41. The van der Waals surface area contributed by atoms with Gasteiger partial charge in [0, 0.05) is 12.2 Å². The molecular weight excluding hydrogens is 295 g/mol. The van der Waals surface area contributed by atoms with E-state index in [-0.39, 0.29) is 23.5 Å². The maximum absolute atomic E-state index is 13.4. The van der Waals surface area contributed by atoms with Crippen LogP contribution in [0, 0.1) is 5.82 Å². The van der Waals surface area contributed by atoms with Crippen molar-refractivity contribution < 1.29 is 13.9 Å². The van der Waals surface area contributed by atoms with Crippen LogP contribution in [-0.4, -0.2) is 37.0 Å². The lowest BCUT2D eigenvalue weighted by Gasteiger charge is -2.23. The molecule has 1 N–H and O–H groups in total. The fourth-order valence-corrected chi connectivity index (χ4v) is 2.02. The third-order valence-electron chi connectivity index (χ3n) is 3.62. The van der Waals surface area contributed by atoms with Crippen molar-refractivity contribution in [1.82, 2.24) is 4.90 Å². The van der Waals surface area contributed by atoms with Gasteiger partial charge in [0.2, 0.25) is 5.91 Å². The first-order valence-electron chi connectivity index (χ1n) is 7.51. The lowest BCUT2D eigenvalue weighted by atomic mass is 10.2. The second-order valence-electron chi connectivity index (χ2n) is 5.29. The molecule has 5 heteroatoms. The van der Waals surface area contributed by atoms with E-state index < -0.39 is 0 Å². The molecule has 0 saturated heterocycles. The molecular formula is C18H21FN2O2. The van der Waals surface area contributed by atoms with Gasteiger partial charge in [-0.25, -0.2) is 4.39 Å². The molecule has 0 aromatic heterocycles. The number of hydrogen-bond acceptors (Lipinski definition) is 3. The van der Waals surface area contributed by atoms with E-state index in [2.05, 4.69) is 5.32 Å². The van der Waals surface area contributed by atoms with Gasteiger partial charge in [-0.2, -0.15) is 0 Å². The number of amides is 1. The Kier molecular flexibility index (Phi) is 6.11. The molecule has 1 atom stereocenters. The SMILES string of the molecule is CC(C(=O)Nc1ccccc1)N(C)CCOc1ccccc1F. The Morgan fingerprint density at radius 1 is 1.17 bits per heavy atom. The maximum Gasteiger partial charge on any atom is 0.241 e. The van der Waals surface area contributed by atoms with Gasteiger partial charge < -0.3 is 10.1 Å². The molecule has 2 aromatic rings. The largest absolute Gasteiger partial charge is 0.489 e. The Balaban J connectivity index is 1.79. The zero-order chi connectivity index (χ0) is 16.7. The molecule has 0 spiro atoms. The van der Waals surface area contributed by atoms with E-state index in [9.17, 15) is 9.18 Å². The van der Waals surface area contributed by atoms with Crippen molar-refractivity contribution >= 4 is 11.6 Å². The molecule has 0 radical (unpaired) electrons. The molecule has 1 unspecified atom stereocenters. The number of carbonyl (C=O) groups is 1. The molecule has 0 aliphatic heterocycles. The molecule has 2 rings (SSSR count). The molecule has 4 nitrogen and oxygen atoms in total. The van der Waals surface area contributed by atoms with Crippen LogP contribution >= 0.6 is 0 Å². The molecule has 23 heavy (non-hydrogen) atoms. The van der Waals surface area contributed by atoms with Gasteiger partial charge >= 0.3 is 0 Å². The van der Waals surface area contributed by atoms with Crippen molar-refractivity contribution in [3.05, 3.63) is 60.4 Å². The molecule has 0 fully saturated rings. The van der Waals surface area contributed by atoms with Crippen LogP contribution in [0.1, 0.15) is 6.92 Å². The van der Waals surface area contributed by atoms with Gasteiger partial charge in [0.15, 0.2) is 11.6 Å². The summed E-state index contributed by atoms with van der Waals surface area (Å²) in [7, 11) is 1.83. The quantitative estimate of drug-likeness (QED) is 0.853. The molecule has 2 aromatic carbocycles. The van der Waals surface area contributed by atoms with Crippen LogP contribution in [0.5, 0.6) is 5.75 Å². The van der Waals surface area contributed by atoms with Crippen LogP contribution in [-0.2, 0) is 4.79 Å². The zero-order valence-corrected chi connectivity index (χ0v) is 13.3. The zero-order valence-electron chi connectivity index (χ0n) is 13.3. The Hall–Kier alpha value is -2.40. The number of hydrogen-bond donors (Lipinski definition) is 1. The van der Waals surface area contributed by atoms with Crippen molar-refractivity contribution in [2.45, 2.75) is 13.0 Å². The predicted octanol–water partition coefficient (Wildman–Crippen LogP) is 3.16. The highest BCUT2D eigenvalue weighted by molar-refractivity contribution is 5.94. The number of nitrogens with zero attached hydrogens (tertiary/aromatic N) is 1. The second kappa shape index (κ2) is 8.29. The van der Waals surface area contributed by atoms with E-state index in [1.54, 1.807) is 18.2 Å². The van der Waals surface area contributed by atoms with Gasteiger partial charge in [-0.1, -0.05) is 30.3 Å². The summed E-state index contributed by atoms with van der Waals surface area (Å²) >= 11 is 0. The van der Waals surface area contributed by atoms with Crippen molar-refractivity contribution in [3.63, 3.8) is 0 Å². The number of rotatable bonds is 7. The summed E-state index contributed by atoms with van der Waals surface area (Å²) in [5.41, 5.74) is 0.764. The average Bonchev–Trinajstić information content (AvgIpc) is 2.56. The second-order valence-corrected chi connectivity index (χ2v) is 5.29. The van der Waals surface area contributed by atoms with E-state index >= 15 is 0 Å². The maximum atomic E-state index is 13.4. The summed E-state index contributed by atoms with van der Waals surface area (Å²) in [5, 5.41) is 2.86. The van der Waals surface area contributed by atoms with Crippen LogP contribution in [0.3, 0.4) is 0 Å². The molecule has 0 aliphatic rings. The molecule has 122 valence electrons. The van der Waals surface area contributed by atoms with Gasteiger partial charge in [-0.3, -0.25) is 9.69 Å². The van der Waals surface area contributed by atoms with E-state index in [1.807, 2.05) is 49.2 Å². The third kappa shape index (κ3) is 5.07. The average molecular weight is 316 g/mol. The number of para-hydroxylation sites is 2. The summed E-state index contributed by atoms with van der Waals surface area (Å²) in [5.74, 6) is -0.253. The van der Waals surface area contributed by atoms with Gasteiger partial charge in [0.05, 0.1) is 6.04 Å². The highest BCUT2D eigenvalue weighted by Gasteiger charge is 2.18. The fraction of sp³-hybridized carbons (Fsp3) is 0.278. The number of carbonyl (C=O) groups excluding carboxylic acids is 1. The molecule has 1 amide bonds. The van der Waals surface area contributed by atoms with Gasteiger partial charge in [-0.15, -0.1) is 0 Å². The highest BCUT2D eigenvalue weighted by Crippen LogP contribution is 2.15. The molecule has 0 aliphatic carbocycles. The highest BCUT2D eigenvalue weighted by atomic mass is 19.1. The first kappa shape index (κ1) is 17.0. The Morgan fingerprint density at radius 2 is 1.83 bits per heavy atom. The van der Waals surface area contributed by atoms with Crippen LogP contribution in [0.15, 0.2) is 54.6 Å². The van der Waals surface area contributed by atoms with Gasteiger partial charge in [-0.05, 0) is 38.2 Å². The minimum atomic E-state index is -0.384. The summed E-state index contributed by atoms with van der Waals surface area (Å²) in [6.45, 7) is 2.64. The molecule has 0 saturated carbocycles. The number of halogens is 1. The number of nitrogens with one attached hydrogen (secondary N) is 1. The van der Waals surface area contributed by atoms with Crippen LogP contribution in [0.2, 0.25) is 0 Å². The van der Waals surface area contributed by atoms with Crippen molar-refractivity contribution in [3.8, 4) is 5.75 Å². The summed E-state index contributed by atoms with van der Waals surface area (Å²) < 4.78 is 18.8. The first-order chi connectivity index (χ1) is 11.1. The van der Waals surface area contributed by atoms with Crippen LogP contribution in [0.25, 0.3) is 0 Å². The minimum absolute atomic E-state index is 0.0930. The Labute approximate surface area is 135 Å². The molecule has 0 bridgehead atoms. The van der Waals surface area contributed by atoms with Crippen molar-refractivity contribution in [2.75, 3.05) is 25.5 Å². The minimum Gasteiger partial charge on any atom is -0.489 e. The van der Waals surface area contributed by atoms with Crippen molar-refractivity contribution in [1.29, 1.82) is 0 Å². The van der Waals surface area contributed by atoms with E-state index in [1.165, 1.54) is 6.07 Å². The van der Waals surface area contributed by atoms with Crippen LogP contribution < -0.4 is 10.1 Å². The fourth-order valence-electron chi connectivity index (χ4n) is 2.02. The van der Waals surface area contributed by atoms with Gasteiger partial charge in [0.1, 0.15) is 6.61 Å². The van der Waals surface area contributed by atoms with E-state index in [0.717, 1.165) is 5.69 Å². The monoisotopic (exact) mass is 316 g/mol. The number of benzene rings is 2. The number of ether oxygens (including phenoxy) is 1. The first-order valence-corrected chi connectivity index (χ1v) is 7.51. The smallest absolute Gasteiger partial charge is 0.241 e. The summed E-state index contributed by atoms with van der Waals surface area (Å²) in [6, 6.07) is 15.3. The van der Waals surface area contributed by atoms with Gasteiger partial charge in [0.25, 0.3) is 0 Å². The summed E-state index contributed by atoms with van der Waals surface area (Å²) in [6.07, 6.45) is 0. The van der Waals surface area contributed by atoms with Crippen molar-refractivity contribution in [2.24, 2.45) is 0 Å². The van der Waals surface area contributed by atoms with Crippen LogP contribution in [0.4, 0.5) is 10.1 Å². The topological polar surface area (TPSA) is 41.6 Å².